The molecule has 244 valence electrons. The van der Waals surface area contributed by atoms with Gasteiger partial charge in [0.05, 0.1) is 32.0 Å². The predicted molar refractivity (Wildman–Crippen MR) is 199 cm³/mol. The Balaban J connectivity index is 1.56. The Morgan fingerprint density at radius 3 is 2.46 bits per heavy atom. The van der Waals surface area contributed by atoms with Gasteiger partial charge in [0.15, 0.2) is 4.80 Å². The highest BCUT2D eigenvalue weighted by Gasteiger charge is 2.35. The number of carbonyl (C=O) groups is 1. The van der Waals surface area contributed by atoms with Crippen LogP contribution >= 0.6 is 49.9 Å². The Morgan fingerprint density at radius 2 is 1.77 bits per heavy atom. The Morgan fingerprint density at radius 1 is 1.06 bits per heavy atom. The Kier molecular flexibility index (Phi) is 10.4. The number of aromatic nitrogens is 1. The summed E-state index contributed by atoms with van der Waals surface area (Å²) in [4.78, 5) is 33.6. The third-order valence-corrected chi connectivity index (χ3v) is 10.2. The fourth-order valence-corrected chi connectivity index (χ4v) is 8.26. The van der Waals surface area contributed by atoms with Gasteiger partial charge in [0.1, 0.15) is 18.2 Å². The molecule has 0 bridgehead atoms. The second-order valence-electron chi connectivity index (χ2n) is 11.4. The first-order valence-electron chi connectivity index (χ1n) is 15.4. The van der Waals surface area contributed by atoms with Crippen LogP contribution in [-0.4, -0.2) is 17.1 Å². The SMILES string of the molecule is CCOC(=O)C1=C(c2ccccc2)N=c2s/c(=C\c3cc(Br)cc(I)c3OCc3ccccc3F)c(=O)n2[C@H]1c1ccc(C(C)C)cc1. The minimum absolute atomic E-state index is 0.0160. The predicted octanol–water partition coefficient (Wildman–Crippen LogP) is 8.14. The normalized spacial score (nSPS) is 14.6. The Bertz CT molecular complexity index is 2210. The molecular weight excluding hydrogens is 806 g/mol. The lowest BCUT2D eigenvalue weighted by molar-refractivity contribution is -0.138. The van der Waals surface area contributed by atoms with Crippen molar-refractivity contribution < 1.29 is 18.7 Å². The molecule has 0 radical (unpaired) electrons. The van der Waals surface area contributed by atoms with Crippen molar-refractivity contribution in [2.24, 2.45) is 4.99 Å². The van der Waals surface area contributed by atoms with E-state index >= 15 is 0 Å². The summed E-state index contributed by atoms with van der Waals surface area (Å²) in [5.41, 5.74) is 4.17. The average molecular weight is 838 g/mol. The molecule has 10 heteroatoms. The minimum atomic E-state index is -0.779. The highest BCUT2D eigenvalue weighted by atomic mass is 127. The molecule has 1 atom stereocenters. The van der Waals surface area contributed by atoms with Crippen molar-refractivity contribution in [2.75, 3.05) is 6.61 Å². The molecule has 0 saturated carbocycles. The van der Waals surface area contributed by atoms with Crippen LogP contribution < -0.4 is 19.6 Å². The van der Waals surface area contributed by atoms with E-state index in [9.17, 15) is 14.0 Å². The summed E-state index contributed by atoms with van der Waals surface area (Å²) in [6.07, 6.45) is 1.77. The van der Waals surface area contributed by atoms with E-state index in [0.717, 1.165) is 24.7 Å². The quantitative estimate of drug-likeness (QED) is 0.111. The lowest BCUT2D eigenvalue weighted by Crippen LogP contribution is -2.40. The lowest BCUT2D eigenvalue weighted by Gasteiger charge is -2.26. The number of esters is 1. The maximum Gasteiger partial charge on any atom is 0.338 e. The van der Waals surface area contributed by atoms with Gasteiger partial charge in [-0.3, -0.25) is 9.36 Å². The molecule has 5 aromatic rings. The number of benzene rings is 4. The van der Waals surface area contributed by atoms with E-state index in [2.05, 4.69) is 52.4 Å². The first-order valence-corrected chi connectivity index (χ1v) is 18.1. The van der Waals surface area contributed by atoms with Crippen LogP contribution in [0, 0.1) is 9.39 Å². The van der Waals surface area contributed by atoms with Crippen LogP contribution in [0.15, 0.2) is 111 Å². The molecule has 0 aliphatic carbocycles. The number of thiazole rings is 1. The number of fused-ring (bicyclic) bond motifs is 1. The number of nitrogens with zero attached hydrogens (tertiary/aromatic N) is 2. The summed E-state index contributed by atoms with van der Waals surface area (Å²) in [5, 5.41) is 0. The van der Waals surface area contributed by atoms with Crippen LogP contribution in [-0.2, 0) is 16.1 Å². The van der Waals surface area contributed by atoms with Crippen molar-refractivity contribution in [1.29, 1.82) is 0 Å². The molecule has 0 saturated heterocycles. The van der Waals surface area contributed by atoms with E-state index in [1.807, 2.05) is 66.7 Å². The van der Waals surface area contributed by atoms with Gasteiger partial charge in [0.25, 0.3) is 5.56 Å². The smallest absolute Gasteiger partial charge is 0.338 e. The topological polar surface area (TPSA) is 69.9 Å². The van der Waals surface area contributed by atoms with Crippen LogP contribution in [0.3, 0.4) is 0 Å². The molecule has 48 heavy (non-hydrogen) atoms. The standard InChI is InChI=1S/C38H31BrFIN2O4S/c1-4-46-37(45)32-33(24-10-6-5-7-11-24)42-38-43(34(32)25-16-14-23(15-17-25)22(2)3)36(44)31(48-38)19-27-18-28(39)20-30(41)35(27)47-21-26-12-8-9-13-29(26)40/h5-20,22,34H,4,21H2,1-3H3/b31-19-/t34-/m0/s1. The van der Waals surface area contributed by atoms with E-state index in [4.69, 9.17) is 14.5 Å². The molecule has 0 fully saturated rings. The highest BCUT2D eigenvalue weighted by molar-refractivity contribution is 14.1. The van der Waals surface area contributed by atoms with Gasteiger partial charge in [-0.25, -0.2) is 14.2 Å². The Hall–Kier alpha value is -3.87. The number of ether oxygens (including phenoxy) is 2. The molecule has 0 amide bonds. The fourth-order valence-electron chi connectivity index (χ4n) is 5.57. The maximum absolute atomic E-state index is 14.5. The summed E-state index contributed by atoms with van der Waals surface area (Å²) < 4.78 is 29.8. The largest absolute Gasteiger partial charge is 0.487 e. The number of hydrogen-bond acceptors (Lipinski definition) is 6. The fraction of sp³-hybridized carbons (Fsp3) is 0.184. The average Bonchev–Trinajstić information content (AvgIpc) is 3.38. The number of hydrogen-bond donors (Lipinski definition) is 0. The third-order valence-electron chi connectivity index (χ3n) is 7.95. The van der Waals surface area contributed by atoms with E-state index in [1.165, 1.54) is 17.4 Å². The van der Waals surface area contributed by atoms with Crippen LogP contribution in [0.4, 0.5) is 4.39 Å². The molecule has 0 N–H and O–H groups in total. The number of halogens is 3. The summed E-state index contributed by atoms with van der Waals surface area (Å²) in [7, 11) is 0. The zero-order chi connectivity index (χ0) is 33.9. The highest BCUT2D eigenvalue weighted by Crippen LogP contribution is 2.36. The molecule has 0 spiro atoms. The van der Waals surface area contributed by atoms with E-state index in [-0.39, 0.29) is 24.6 Å². The van der Waals surface area contributed by atoms with Gasteiger partial charge < -0.3 is 9.47 Å². The van der Waals surface area contributed by atoms with Gasteiger partial charge in [-0.1, -0.05) is 114 Å². The van der Waals surface area contributed by atoms with E-state index in [0.29, 0.717) is 43.4 Å². The first-order chi connectivity index (χ1) is 23.2. The van der Waals surface area contributed by atoms with Crippen LogP contribution in [0.1, 0.15) is 60.5 Å². The summed E-state index contributed by atoms with van der Waals surface area (Å²) in [6.45, 7) is 6.18. The van der Waals surface area contributed by atoms with Gasteiger partial charge in [-0.15, -0.1) is 0 Å². The van der Waals surface area contributed by atoms with Gasteiger partial charge in [0, 0.05) is 21.2 Å². The summed E-state index contributed by atoms with van der Waals surface area (Å²) in [5.74, 6) is -0.0556. The zero-order valence-electron chi connectivity index (χ0n) is 26.4. The second-order valence-corrected chi connectivity index (χ2v) is 14.5. The van der Waals surface area contributed by atoms with Gasteiger partial charge in [0.2, 0.25) is 0 Å². The van der Waals surface area contributed by atoms with E-state index < -0.39 is 12.0 Å². The molecule has 6 rings (SSSR count). The molecule has 0 unspecified atom stereocenters. The minimum Gasteiger partial charge on any atom is -0.487 e. The van der Waals surface area contributed by atoms with Crippen LogP contribution in [0.5, 0.6) is 5.75 Å². The first kappa shape index (κ1) is 34.0. The molecule has 1 aliphatic heterocycles. The van der Waals surface area contributed by atoms with Gasteiger partial charge >= 0.3 is 5.97 Å². The Labute approximate surface area is 303 Å². The van der Waals surface area contributed by atoms with Gasteiger partial charge in [-0.05, 0) is 70.8 Å². The molecule has 4 aromatic carbocycles. The van der Waals surface area contributed by atoms with E-state index in [1.54, 1.807) is 35.8 Å². The van der Waals surface area contributed by atoms with Crippen molar-refractivity contribution >= 4 is 67.6 Å². The second kappa shape index (κ2) is 14.7. The number of carbonyl (C=O) groups excluding carboxylic acids is 1. The third kappa shape index (κ3) is 6.97. The molecule has 1 aliphatic rings. The maximum atomic E-state index is 14.5. The molecule has 2 heterocycles. The van der Waals surface area contributed by atoms with Crippen molar-refractivity contribution in [3.05, 3.63) is 158 Å². The number of rotatable bonds is 9. The molecular formula is C38H31BrFIN2O4S. The monoisotopic (exact) mass is 836 g/mol. The van der Waals surface area contributed by atoms with Crippen LogP contribution in [0.2, 0.25) is 0 Å². The molecule has 1 aromatic heterocycles. The van der Waals surface area contributed by atoms with Crippen molar-refractivity contribution in [3.8, 4) is 5.75 Å². The summed E-state index contributed by atoms with van der Waals surface area (Å²) in [6, 6.07) is 26.9. The molecule has 6 nitrogen and oxygen atoms in total. The summed E-state index contributed by atoms with van der Waals surface area (Å²) >= 11 is 6.98. The van der Waals surface area contributed by atoms with Gasteiger partial charge in [-0.2, -0.15) is 0 Å². The van der Waals surface area contributed by atoms with Crippen molar-refractivity contribution in [2.45, 2.75) is 39.3 Å². The van der Waals surface area contributed by atoms with Crippen molar-refractivity contribution in [1.82, 2.24) is 4.57 Å². The zero-order valence-corrected chi connectivity index (χ0v) is 30.9. The van der Waals surface area contributed by atoms with Crippen molar-refractivity contribution in [3.63, 3.8) is 0 Å². The lowest BCUT2D eigenvalue weighted by atomic mass is 9.91. The van der Waals surface area contributed by atoms with Crippen LogP contribution in [0.25, 0.3) is 11.8 Å².